The number of phenols is 1. The maximum Gasteiger partial charge on any atom is 0.172 e. The van der Waals surface area contributed by atoms with E-state index < -0.39 is 0 Å². The molecule has 0 atom stereocenters. The molecule has 0 aliphatic rings. The van der Waals surface area contributed by atoms with Gasteiger partial charge in [-0.3, -0.25) is 0 Å². The summed E-state index contributed by atoms with van der Waals surface area (Å²) in [7, 11) is 1.53. The van der Waals surface area contributed by atoms with Gasteiger partial charge in [0.25, 0.3) is 0 Å². The van der Waals surface area contributed by atoms with Gasteiger partial charge in [-0.05, 0) is 33.6 Å². The van der Waals surface area contributed by atoms with Crippen LogP contribution in [0.1, 0.15) is 5.56 Å². The molecule has 2 nitrogen and oxygen atoms in total. The molecular formula is C8H8Br2O2. The number of hydrogen-bond acceptors (Lipinski definition) is 2. The Kier molecular flexibility index (Phi) is 3.40. The van der Waals surface area contributed by atoms with Crippen LogP contribution in [0.3, 0.4) is 0 Å². The lowest BCUT2D eigenvalue weighted by atomic mass is 10.2. The van der Waals surface area contributed by atoms with Gasteiger partial charge < -0.3 is 9.84 Å². The van der Waals surface area contributed by atoms with Crippen LogP contribution >= 0.6 is 31.9 Å². The number of hydrogen-bond donors (Lipinski definition) is 1. The monoisotopic (exact) mass is 294 g/mol. The fraction of sp³-hybridized carbons (Fsp3) is 0.250. The summed E-state index contributed by atoms with van der Waals surface area (Å²) in [4.78, 5) is 0. The van der Waals surface area contributed by atoms with Crippen molar-refractivity contribution in [1.82, 2.24) is 0 Å². The van der Waals surface area contributed by atoms with Crippen molar-refractivity contribution in [2.75, 3.05) is 7.11 Å². The maximum atomic E-state index is 9.43. The summed E-state index contributed by atoms with van der Waals surface area (Å²) < 4.78 is 5.62. The van der Waals surface area contributed by atoms with Crippen LogP contribution in [-0.4, -0.2) is 12.2 Å². The van der Waals surface area contributed by atoms with Crippen molar-refractivity contribution in [2.45, 2.75) is 5.33 Å². The van der Waals surface area contributed by atoms with Crippen LogP contribution in [0.15, 0.2) is 16.6 Å². The topological polar surface area (TPSA) is 29.5 Å². The van der Waals surface area contributed by atoms with E-state index in [1.54, 1.807) is 6.07 Å². The number of halogens is 2. The molecule has 0 radical (unpaired) electrons. The van der Waals surface area contributed by atoms with Crippen molar-refractivity contribution in [1.29, 1.82) is 0 Å². The number of phenolic OH excluding ortho intramolecular Hbond substituents is 1. The van der Waals surface area contributed by atoms with Gasteiger partial charge in [0.05, 0.1) is 11.6 Å². The number of ether oxygens (including phenoxy) is 1. The summed E-state index contributed by atoms with van der Waals surface area (Å²) >= 11 is 6.55. The van der Waals surface area contributed by atoms with Crippen LogP contribution in [0.25, 0.3) is 0 Å². The predicted molar refractivity (Wildman–Crippen MR) is 55.0 cm³/mol. The molecule has 1 rings (SSSR count). The summed E-state index contributed by atoms with van der Waals surface area (Å²) in [6.45, 7) is 0. The Hall–Kier alpha value is -0.220. The minimum Gasteiger partial charge on any atom is -0.503 e. The van der Waals surface area contributed by atoms with Crippen LogP contribution in [0.2, 0.25) is 0 Å². The van der Waals surface area contributed by atoms with Gasteiger partial charge in [0.2, 0.25) is 0 Å². The highest BCUT2D eigenvalue weighted by Gasteiger charge is 2.07. The number of alkyl halides is 1. The van der Waals surface area contributed by atoms with Gasteiger partial charge in [-0.25, -0.2) is 0 Å². The van der Waals surface area contributed by atoms with E-state index in [0.29, 0.717) is 10.2 Å². The molecule has 4 heteroatoms. The fourth-order valence-electron chi connectivity index (χ4n) is 0.860. The zero-order chi connectivity index (χ0) is 9.14. The molecule has 0 aromatic heterocycles. The average Bonchev–Trinajstić information content (AvgIpc) is 2.09. The van der Waals surface area contributed by atoms with Crippen LogP contribution in [-0.2, 0) is 5.33 Å². The Morgan fingerprint density at radius 2 is 2.17 bits per heavy atom. The Bertz CT molecular complexity index is 287. The number of rotatable bonds is 2. The maximum absolute atomic E-state index is 9.43. The molecule has 1 aromatic rings. The highest BCUT2D eigenvalue weighted by atomic mass is 79.9. The normalized spacial score (nSPS) is 9.92. The number of benzene rings is 1. The van der Waals surface area contributed by atoms with Gasteiger partial charge in [0.15, 0.2) is 11.5 Å². The minimum absolute atomic E-state index is 0.141. The first-order valence-corrected chi connectivity index (χ1v) is 5.21. The van der Waals surface area contributed by atoms with E-state index in [1.807, 2.05) is 6.07 Å². The largest absolute Gasteiger partial charge is 0.503 e. The van der Waals surface area contributed by atoms with Crippen LogP contribution in [0.4, 0.5) is 0 Å². The summed E-state index contributed by atoms with van der Waals surface area (Å²) in [5.74, 6) is 0.626. The van der Waals surface area contributed by atoms with E-state index in [9.17, 15) is 5.11 Å². The SMILES string of the molecule is COc1cc(CBr)cc(Br)c1O. The van der Waals surface area contributed by atoms with Gasteiger partial charge in [0.1, 0.15) is 0 Å². The van der Waals surface area contributed by atoms with E-state index in [2.05, 4.69) is 31.9 Å². The molecule has 1 aromatic carbocycles. The van der Waals surface area contributed by atoms with E-state index >= 15 is 0 Å². The van der Waals surface area contributed by atoms with Gasteiger partial charge in [-0.15, -0.1) is 0 Å². The molecule has 0 heterocycles. The van der Waals surface area contributed by atoms with Crippen LogP contribution < -0.4 is 4.74 Å². The lowest BCUT2D eigenvalue weighted by Crippen LogP contribution is -1.87. The van der Waals surface area contributed by atoms with Gasteiger partial charge in [-0.2, -0.15) is 0 Å². The smallest absolute Gasteiger partial charge is 0.172 e. The Balaban J connectivity index is 3.19. The van der Waals surface area contributed by atoms with Crippen LogP contribution in [0.5, 0.6) is 11.5 Å². The summed E-state index contributed by atoms with van der Waals surface area (Å²) in [6, 6.07) is 3.63. The summed E-state index contributed by atoms with van der Waals surface area (Å²) in [6.07, 6.45) is 0. The first kappa shape index (κ1) is 9.86. The second-order valence-corrected chi connectivity index (χ2v) is 3.68. The molecule has 0 aliphatic carbocycles. The number of aromatic hydroxyl groups is 1. The molecule has 0 unspecified atom stereocenters. The molecule has 0 fully saturated rings. The zero-order valence-electron chi connectivity index (χ0n) is 6.47. The quantitative estimate of drug-likeness (QED) is 0.850. The van der Waals surface area contributed by atoms with E-state index in [1.165, 1.54) is 7.11 Å². The molecule has 12 heavy (non-hydrogen) atoms. The van der Waals surface area contributed by atoms with Gasteiger partial charge in [0, 0.05) is 5.33 Å². The molecule has 0 saturated carbocycles. The van der Waals surface area contributed by atoms with Crippen LogP contribution in [0, 0.1) is 0 Å². The molecule has 0 saturated heterocycles. The van der Waals surface area contributed by atoms with E-state index in [4.69, 9.17) is 4.74 Å². The highest BCUT2D eigenvalue weighted by molar-refractivity contribution is 9.10. The molecule has 66 valence electrons. The van der Waals surface area contributed by atoms with Crippen molar-refractivity contribution in [2.24, 2.45) is 0 Å². The Labute approximate surface area is 87.8 Å². The van der Waals surface area contributed by atoms with Crippen molar-refractivity contribution in [3.8, 4) is 11.5 Å². The molecule has 0 amide bonds. The minimum atomic E-state index is 0.141. The highest BCUT2D eigenvalue weighted by Crippen LogP contribution is 2.35. The standard InChI is InChI=1S/C8H8Br2O2/c1-12-7-3-5(4-9)2-6(10)8(7)11/h2-3,11H,4H2,1H3. The lowest BCUT2D eigenvalue weighted by molar-refractivity contribution is 0.371. The van der Waals surface area contributed by atoms with Gasteiger partial charge in [-0.1, -0.05) is 15.9 Å². The Morgan fingerprint density at radius 3 is 2.67 bits per heavy atom. The van der Waals surface area contributed by atoms with Crippen molar-refractivity contribution < 1.29 is 9.84 Å². The first-order valence-electron chi connectivity index (χ1n) is 3.30. The molecule has 1 N–H and O–H groups in total. The second kappa shape index (κ2) is 4.14. The van der Waals surface area contributed by atoms with E-state index in [0.717, 1.165) is 10.9 Å². The second-order valence-electron chi connectivity index (χ2n) is 2.26. The zero-order valence-corrected chi connectivity index (χ0v) is 9.65. The summed E-state index contributed by atoms with van der Waals surface area (Å²) in [5.41, 5.74) is 1.05. The first-order chi connectivity index (χ1) is 5.69. The molecule has 0 aliphatic heterocycles. The lowest BCUT2D eigenvalue weighted by Gasteiger charge is -2.06. The predicted octanol–water partition coefficient (Wildman–Crippen LogP) is 3.06. The van der Waals surface area contributed by atoms with Crippen molar-refractivity contribution in [3.05, 3.63) is 22.2 Å². The van der Waals surface area contributed by atoms with Crippen molar-refractivity contribution >= 4 is 31.9 Å². The molecular weight excluding hydrogens is 288 g/mol. The molecule has 0 bridgehead atoms. The third-order valence-corrected chi connectivity index (χ3v) is 2.71. The average molecular weight is 296 g/mol. The summed E-state index contributed by atoms with van der Waals surface area (Å²) in [5, 5.41) is 10.2. The van der Waals surface area contributed by atoms with Crippen molar-refractivity contribution in [3.63, 3.8) is 0 Å². The number of methoxy groups -OCH3 is 1. The third-order valence-electron chi connectivity index (χ3n) is 1.46. The van der Waals surface area contributed by atoms with E-state index in [-0.39, 0.29) is 5.75 Å². The molecule has 0 spiro atoms. The van der Waals surface area contributed by atoms with Gasteiger partial charge >= 0.3 is 0 Å². The third kappa shape index (κ3) is 1.93. The Morgan fingerprint density at radius 1 is 1.50 bits per heavy atom. The fourth-order valence-corrected chi connectivity index (χ4v) is 1.67.